The normalized spacial score (nSPS) is 24.6. The molecule has 0 unspecified atom stereocenters. The first-order chi connectivity index (χ1) is 12.5. The van der Waals surface area contributed by atoms with Crippen molar-refractivity contribution in [2.75, 3.05) is 26.2 Å². The molecule has 3 rings (SSSR count). The highest BCUT2D eigenvalue weighted by molar-refractivity contribution is 5.85. The highest BCUT2D eigenvalue weighted by atomic mass is 16.4. The minimum atomic E-state index is -0.849. The minimum absolute atomic E-state index is 0.0172. The topological polar surface area (TPSA) is 60.9 Å². The third kappa shape index (κ3) is 4.15. The molecule has 0 saturated carbocycles. The van der Waals surface area contributed by atoms with Gasteiger partial charge in [0.05, 0.1) is 11.8 Å². The summed E-state index contributed by atoms with van der Waals surface area (Å²) in [5.41, 5.74) is 3.57. The number of nitrogens with zero attached hydrogens (tertiary/aromatic N) is 2. The minimum Gasteiger partial charge on any atom is -0.481 e. The van der Waals surface area contributed by atoms with E-state index in [1.165, 1.54) is 11.1 Å². The molecule has 5 heteroatoms. The SMILES string of the molecule is CC1=C(C)C[C@@H](C(=O)O)[C@@H](C(=O)N2CCN(Cc3ccccc3)CC2)C1. The number of carboxylic acids is 1. The molecule has 1 aliphatic carbocycles. The number of carbonyl (C=O) groups excluding carboxylic acids is 1. The number of aliphatic carboxylic acids is 1. The van der Waals surface area contributed by atoms with Crippen molar-refractivity contribution in [1.82, 2.24) is 9.80 Å². The second-order valence-corrected chi connectivity index (χ2v) is 7.61. The monoisotopic (exact) mass is 356 g/mol. The van der Waals surface area contributed by atoms with Gasteiger partial charge in [-0.1, -0.05) is 41.5 Å². The summed E-state index contributed by atoms with van der Waals surface area (Å²) in [7, 11) is 0. The Balaban J connectivity index is 1.60. The molecular weight excluding hydrogens is 328 g/mol. The van der Waals surface area contributed by atoms with Gasteiger partial charge in [0.25, 0.3) is 0 Å². The fourth-order valence-electron chi connectivity index (χ4n) is 4.01. The molecule has 2 aliphatic rings. The van der Waals surface area contributed by atoms with E-state index in [2.05, 4.69) is 17.0 Å². The first kappa shape index (κ1) is 18.6. The quantitative estimate of drug-likeness (QED) is 0.843. The van der Waals surface area contributed by atoms with Crippen LogP contribution in [0, 0.1) is 11.8 Å². The van der Waals surface area contributed by atoms with Gasteiger partial charge >= 0.3 is 5.97 Å². The van der Waals surface area contributed by atoms with E-state index in [1.807, 2.05) is 36.9 Å². The number of hydrogen-bond acceptors (Lipinski definition) is 3. The lowest BCUT2D eigenvalue weighted by Gasteiger charge is -2.38. The van der Waals surface area contributed by atoms with Crippen molar-refractivity contribution >= 4 is 11.9 Å². The number of carboxylic acid groups (broad SMARTS) is 1. The Labute approximate surface area is 155 Å². The molecule has 26 heavy (non-hydrogen) atoms. The van der Waals surface area contributed by atoms with Crippen LogP contribution in [0.5, 0.6) is 0 Å². The standard InChI is InChI=1S/C21H28N2O3/c1-15-12-18(19(21(25)26)13-16(15)2)20(24)23-10-8-22(9-11-23)14-17-6-4-3-5-7-17/h3-7,18-19H,8-14H2,1-2H3,(H,25,26)/t18-,19+/m0/s1. The number of carbonyl (C=O) groups is 2. The maximum absolute atomic E-state index is 13.0. The summed E-state index contributed by atoms with van der Waals surface area (Å²) < 4.78 is 0. The van der Waals surface area contributed by atoms with Gasteiger partial charge in [0, 0.05) is 32.7 Å². The average Bonchev–Trinajstić information content (AvgIpc) is 2.64. The van der Waals surface area contributed by atoms with Gasteiger partial charge in [-0.15, -0.1) is 0 Å². The number of rotatable bonds is 4. The highest BCUT2D eigenvalue weighted by Crippen LogP contribution is 2.35. The molecule has 1 saturated heterocycles. The van der Waals surface area contributed by atoms with E-state index in [0.717, 1.165) is 25.2 Å². The molecule has 1 fully saturated rings. The third-order valence-electron chi connectivity index (χ3n) is 5.83. The molecule has 0 aromatic heterocycles. The van der Waals surface area contributed by atoms with Gasteiger partial charge in [0.1, 0.15) is 0 Å². The molecule has 1 heterocycles. The molecule has 0 bridgehead atoms. The van der Waals surface area contributed by atoms with E-state index in [-0.39, 0.29) is 5.91 Å². The van der Waals surface area contributed by atoms with Crippen LogP contribution in [0.3, 0.4) is 0 Å². The van der Waals surface area contributed by atoms with Crippen LogP contribution in [-0.4, -0.2) is 53.0 Å². The average molecular weight is 356 g/mol. The van der Waals surface area contributed by atoms with Gasteiger partial charge in [-0.3, -0.25) is 14.5 Å². The summed E-state index contributed by atoms with van der Waals surface area (Å²) in [5, 5.41) is 9.56. The molecule has 0 radical (unpaired) electrons. The second kappa shape index (κ2) is 8.04. The lowest BCUT2D eigenvalue weighted by molar-refractivity contribution is -0.151. The van der Waals surface area contributed by atoms with Gasteiger partial charge in [-0.25, -0.2) is 0 Å². The number of piperazine rings is 1. The fraction of sp³-hybridized carbons (Fsp3) is 0.524. The largest absolute Gasteiger partial charge is 0.481 e. The van der Waals surface area contributed by atoms with Crippen LogP contribution in [0.25, 0.3) is 0 Å². The van der Waals surface area contributed by atoms with Crippen molar-refractivity contribution in [3.63, 3.8) is 0 Å². The zero-order valence-corrected chi connectivity index (χ0v) is 15.6. The van der Waals surface area contributed by atoms with Crippen molar-refractivity contribution in [2.24, 2.45) is 11.8 Å². The van der Waals surface area contributed by atoms with Crippen molar-refractivity contribution < 1.29 is 14.7 Å². The van der Waals surface area contributed by atoms with Crippen molar-refractivity contribution in [3.8, 4) is 0 Å². The Hall–Kier alpha value is -2.14. The zero-order chi connectivity index (χ0) is 18.7. The van der Waals surface area contributed by atoms with Crippen LogP contribution >= 0.6 is 0 Å². The predicted octanol–water partition coefficient (Wildman–Crippen LogP) is 2.78. The summed E-state index contributed by atoms with van der Waals surface area (Å²) >= 11 is 0. The van der Waals surface area contributed by atoms with E-state index in [4.69, 9.17) is 0 Å². The number of amides is 1. The first-order valence-electron chi connectivity index (χ1n) is 9.39. The molecule has 1 aromatic rings. The zero-order valence-electron chi connectivity index (χ0n) is 15.6. The molecular formula is C21H28N2O3. The Morgan fingerprint density at radius 2 is 1.54 bits per heavy atom. The smallest absolute Gasteiger partial charge is 0.307 e. The van der Waals surface area contributed by atoms with Gasteiger partial charge in [0.15, 0.2) is 0 Å². The lowest BCUT2D eigenvalue weighted by Crippen LogP contribution is -2.51. The van der Waals surface area contributed by atoms with Crippen LogP contribution in [0.2, 0.25) is 0 Å². The molecule has 2 atom stereocenters. The number of benzene rings is 1. The van der Waals surface area contributed by atoms with Crippen LogP contribution < -0.4 is 0 Å². The Morgan fingerprint density at radius 1 is 0.962 bits per heavy atom. The van der Waals surface area contributed by atoms with Gasteiger partial charge < -0.3 is 10.0 Å². The molecule has 5 nitrogen and oxygen atoms in total. The fourth-order valence-corrected chi connectivity index (χ4v) is 4.01. The number of hydrogen-bond donors (Lipinski definition) is 1. The molecule has 0 spiro atoms. The van der Waals surface area contributed by atoms with Gasteiger partial charge in [-0.2, -0.15) is 0 Å². The summed E-state index contributed by atoms with van der Waals surface area (Å²) in [6.07, 6.45) is 1.07. The van der Waals surface area contributed by atoms with E-state index < -0.39 is 17.8 Å². The Kier molecular flexibility index (Phi) is 5.77. The van der Waals surface area contributed by atoms with E-state index >= 15 is 0 Å². The van der Waals surface area contributed by atoms with E-state index in [9.17, 15) is 14.7 Å². The van der Waals surface area contributed by atoms with Crippen molar-refractivity contribution in [1.29, 1.82) is 0 Å². The Bertz CT molecular complexity index is 690. The maximum atomic E-state index is 13.0. The van der Waals surface area contributed by atoms with Crippen LogP contribution in [0.1, 0.15) is 32.3 Å². The molecule has 1 amide bonds. The molecule has 1 aromatic carbocycles. The number of allylic oxidation sites excluding steroid dienone is 2. The third-order valence-corrected chi connectivity index (χ3v) is 5.83. The molecule has 1 aliphatic heterocycles. The lowest BCUT2D eigenvalue weighted by atomic mass is 9.76. The van der Waals surface area contributed by atoms with Gasteiger partial charge in [0.2, 0.25) is 5.91 Å². The van der Waals surface area contributed by atoms with E-state index in [0.29, 0.717) is 25.9 Å². The summed E-state index contributed by atoms with van der Waals surface area (Å²) in [5.74, 6) is -1.84. The predicted molar refractivity (Wildman–Crippen MR) is 101 cm³/mol. The second-order valence-electron chi connectivity index (χ2n) is 7.61. The summed E-state index contributed by atoms with van der Waals surface area (Å²) in [6.45, 7) is 7.91. The van der Waals surface area contributed by atoms with Gasteiger partial charge in [-0.05, 0) is 32.3 Å². The molecule has 1 N–H and O–H groups in total. The molecule has 140 valence electrons. The summed E-state index contributed by atoms with van der Waals surface area (Å²) in [6, 6.07) is 10.3. The first-order valence-corrected chi connectivity index (χ1v) is 9.39. The van der Waals surface area contributed by atoms with Crippen LogP contribution in [0.15, 0.2) is 41.5 Å². The van der Waals surface area contributed by atoms with Crippen LogP contribution in [0.4, 0.5) is 0 Å². The van der Waals surface area contributed by atoms with Crippen LogP contribution in [-0.2, 0) is 16.1 Å². The highest BCUT2D eigenvalue weighted by Gasteiger charge is 2.39. The maximum Gasteiger partial charge on any atom is 0.307 e. The summed E-state index contributed by atoms with van der Waals surface area (Å²) in [4.78, 5) is 28.9. The Morgan fingerprint density at radius 3 is 2.12 bits per heavy atom. The van der Waals surface area contributed by atoms with Crippen molar-refractivity contribution in [2.45, 2.75) is 33.2 Å². The van der Waals surface area contributed by atoms with Crippen molar-refractivity contribution in [3.05, 3.63) is 47.0 Å². The van der Waals surface area contributed by atoms with E-state index in [1.54, 1.807) is 0 Å².